The number of pyridine rings is 1. The summed E-state index contributed by atoms with van der Waals surface area (Å²) in [5.74, 6) is 0.656. The summed E-state index contributed by atoms with van der Waals surface area (Å²) in [7, 11) is 3.95. The van der Waals surface area contributed by atoms with E-state index in [0.29, 0.717) is 5.69 Å². The molecule has 1 N–H and O–H groups in total. The van der Waals surface area contributed by atoms with E-state index in [1.807, 2.05) is 25.1 Å². The average molecular weight is 295 g/mol. The highest BCUT2D eigenvalue weighted by Crippen LogP contribution is 2.32. The van der Waals surface area contributed by atoms with Gasteiger partial charge in [0.1, 0.15) is 11.6 Å². The molecule has 0 radical (unpaired) electrons. The maximum absolute atomic E-state index is 13.4. The Hall–Kier alpha value is -2.62. The lowest BCUT2D eigenvalue weighted by Gasteiger charge is -2.17. The number of anilines is 3. The van der Waals surface area contributed by atoms with Gasteiger partial charge in [0.15, 0.2) is 0 Å². The lowest BCUT2D eigenvalue weighted by Crippen LogP contribution is -2.11. The van der Waals surface area contributed by atoms with Crippen molar-refractivity contribution >= 4 is 28.0 Å². The zero-order valence-electron chi connectivity index (χ0n) is 12.9. The van der Waals surface area contributed by atoms with Crippen molar-refractivity contribution in [3.63, 3.8) is 0 Å². The molecule has 0 atom stereocenters. The fourth-order valence-corrected chi connectivity index (χ4v) is 2.52. The van der Waals surface area contributed by atoms with Gasteiger partial charge in [0.25, 0.3) is 0 Å². The molecule has 0 amide bonds. The topological polar surface area (TPSA) is 28.2 Å². The Morgan fingerprint density at radius 1 is 1.05 bits per heavy atom. The molecular formula is C18H18FN3. The first-order valence-electron chi connectivity index (χ1n) is 7.14. The van der Waals surface area contributed by atoms with Crippen molar-refractivity contribution in [3.05, 3.63) is 60.0 Å². The lowest BCUT2D eigenvalue weighted by molar-refractivity contribution is 0.628. The predicted octanol–water partition coefficient (Wildman–Crippen LogP) is 4.49. The Labute approximate surface area is 129 Å². The normalized spacial score (nSPS) is 10.7. The molecular weight excluding hydrogens is 277 g/mol. The average Bonchev–Trinajstić information content (AvgIpc) is 2.47. The number of aryl methyl sites for hydroxylation is 1. The summed E-state index contributed by atoms with van der Waals surface area (Å²) in [6, 6.07) is 12.7. The van der Waals surface area contributed by atoms with E-state index >= 15 is 0 Å². The molecule has 4 heteroatoms. The van der Waals surface area contributed by atoms with E-state index in [1.54, 1.807) is 12.3 Å². The van der Waals surface area contributed by atoms with E-state index in [0.717, 1.165) is 22.3 Å². The lowest BCUT2D eigenvalue weighted by atomic mass is 10.1. The fourth-order valence-electron chi connectivity index (χ4n) is 2.52. The summed E-state index contributed by atoms with van der Waals surface area (Å²) < 4.78 is 13.4. The van der Waals surface area contributed by atoms with Crippen LogP contribution in [0.25, 0.3) is 10.8 Å². The Balaban J connectivity index is 2.14. The number of aromatic nitrogens is 1. The van der Waals surface area contributed by atoms with Crippen LogP contribution in [0.3, 0.4) is 0 Å². The minimum absolute atomic E-state index is 0.261. The first-order chi connectivity index (χ1) is 10.5. The van der Waals surface area contributed by atoms with Gasteiger partial charge in [-0.25, -0.2) is 9.37 Å². The van der Waals surface area contributed by atoms with Gasteiger partial charge >= 0.3 is 0 Å². The number of nitrogens with one attached hydrogen (secondary N) is 1. The molecule has 3 aromatic rings. The number of benzene rings is 2. The number of hydrogen-bond donors (Lipinski definition) is 1. The van der Waals surface area contributed by atoms with Crippen LogP contribution in [0.15, 0.2) is 48.7 Å². The van der Waals surface area contributed by atoms with E-state index < -0.39 is 0 Å². The SMILES string of the molecule is Cc1ccc2c(N(C)C)ncc(Nc3cccc(F)c3)c2c1. The van der Waals surface area contributed by atoms with Crippen molar-refractivity contribution in [1.29, 1.82) is 0 Å². The second-order valence-electron chi connectivity index (χ2n) is 5.57. The molecule has 0 spiro atoms. The van der Waals surface area contributed by atoms with Crippen LogP contribution < -0.4 is 10.2 Å². The molecule has 0 fully saturated rings. The molecule has 0 bridgehead atoms. The van der Waals surface area contributed by atoms with Crippen LogP contribution in [0.1, 0.15) is 5.56 Å². The van der Waals surface area contributed by atoms with Crippen LogP contribution in [-0.2, 0) is 0 Å². The van der Waals surface area contributed by atoms with E-state index in [2.05, 4.69) is 35.4 Å². The maximum atomic E-state index is 13.4. The van der Waals surface area contributed by atoms with E-state index in [1.165, 1.54) is 17.7 Å². The molecule has 0 saturated heterocycles. The van der Waals surface area contributed by atoms with Gasteiger partial charge < -0.3 is 10.2 Å². The molecule has 1 heterocycles. The summed E-state index contributed by atoms with van der Waals surface area (Å²) >= 11 is 0. The van der Waals surface area contributed by atoms with Gasteiger partial charge in [-0.3, -0.25) is 0 Å². The smallest absolute Gasteiger partial charge is 0.136 e. The van der Waals surface area contributed by atoms with Gasteiger partial charge in [-0.15, -0.1) is 0 Å². The number of halogens is 1. The third kappa shape index (κ3) is 2.72. The molecule has 3 nitrogen and oxygen atoms in total. The second kappa shape index (κ2) is 5.64. The molecule has 22 heavy (non-hydrogen) atoms. The molecule has 112 valence electrons. The third-order valence-corrected chi connectivity index (χ3v) is 3.55. The molecule has 0 aliphatic carbocycles. The highest BCUT2D eigenvalue weighted by atomic mass is 19.1. The number of rotatable bonds is 3. The molecule has 0 unspecified atom stereocenters. The Bertz CT molecular complexity index is 828. The van der Waals surface area contributed by atoms with E-state index in [-0.39, 0.29) is 5.82 Å². The molecule has 1 aromatic heterocycles. The van der Waals surface area contributed by atoms with Crippen molar-refractivity contribution in [2.24, 2.45) is 0 Å². The number of nitrogens with zero attached hydrogens (tertiary/aromatic N) is 2. The zero-order valence-corrected chi connectivity index (χ0v) is 12.9. The van der Waals surface area contributed by atoms with Gasteiger partial charge in [-0.2, -0.15) is 0 Å². The molecule has 2 aromatic carbocycles. The van der Waals surface area contributed by atoms with Crippen LogP contribution in [0.5, 0.6) is 0 Å². The van der Waals surface area contributed by atoms with Gasteiger partial charge in [0, 0.05) is 30.6 Å². The Kier molecular flexibility index (Phi) is 3.67. The van der Waals surface area contributed by atoms with Crippen molar-refractivity contribution in [2.75, 3.05) is 24.3 Å². The van der Waals surface area contributed by atoms with Crippen LogP contribution in [-0.4, -0.2) is 19.1 Å². The summed E-state index contributed by atoms with van der Waals surface area (Å²) in [4.78, 5) is 6.51. The zero-order chi connectivity index (χ0) is 15.7. The summed E-state index contributed by atoms with van der Waals surface area (Å²) in [5, 5.41) is 5.40. The standard InChI is InChI=1S/C18H18FN3/c1-12-7-8-15-16(9-12)17(11-20-18(15)22(2)3)21-14-6-4-5-13(19)10-14/h4-11,21H,1-3H3. The highest BCUT2D eigenvalue weighted by Gasteiger charge is 2.10. The molecule has 0 saturated carbocycles. The summed E-state index contributed by atoms with van der Waals surface area (Å²) in [6.07, 6.45) is 1.79. The summed E-state index contributed by atoms with van der Waals surface area (Å²) in [5.41, 5.74) is 2.75. The predicted molar refractivity (Wildman–Crippen MR) is 90.5 cm³/mol. The minimum atomic E-state index is -0.261. The Morgan fingerprint density at radius 3 is 2.59 bits per heavy atom. The quantitative estimate of drug-likeness (QED) is 0.771. The second-order valence-corrected chi connectivity index (χ2v) is 5.57. The van der Waals surface area contributed by atoms with Crippen LogP contribution in [0.2, 0.25) is 0 Å². The highest BCUT2D eigenvalue weighted by molar-refractivity contribution is 6.01. The third-order valence-electron chi connectivity index (χ3n) is 3.55. The number of hydrogen-bond acceptors (Lipinski definition) is 3. The van der Waals surface area contributed by atoms with Crippen LogP contribution in [0.4, 0.5) is 21.6 Å². The van der Waals surface area contributed by atoms with E-state index in [4.69, 9.17) is 0 Å². The van der Waals surface area contributed by atoms with E-state index in [9.17, 15) is 4.39 Å². The van der Waals surface area contributed by atoms with Crippen molar-refractivity contribution in [3.8, 4) is 0 Å². The van der Waals surface area contributed by atoms with Gasteiger partial charge in [-0.05, 0) is 31.2 Å². The van der Waals surface area contributed by atoms with Crippen molar-refractivity contribution in [1.82, 2.24) is 4.98 Å². The molecule has 0 aliphatic heterocycles. The van der Waals surface area contributed by atoms with Crippen molar-refractivity contribution < 1.29 is 4.39 Å². The van der Waals surface area contributed by atoms with Gasteiger partial charge in [0.05, 0.1) is 11.9 Å². The van der Waals surface area contributed by atoms with Gasteiger partial charge in [0.2, 0.25) is 0 Å². The van der Waals surface area contributed by atoms with Crippen molar-refractivity contribution in [2.45, 2.75) is 6.92 Å². The summed E-state index contributed by atoms with van der Waals surface area (Å²) in [6.45, 7) is 2.06. The molecule has 3 rings (SSSR count). The molecule has 0 aliphatic rings. The first-order valence-corrected chi connectivity index (χ1v) is 7.14. The fraction of sp³-hybridized carbons (Fsp3) is 0.167. The minimum Gasteiger partial charge on any atom is -0.362 e. The largest absolute Gasteiger partial charge is 0.362 e. The monoisotopic (exact) mass is 295 g/mol. The first kappa shape index (κ1) is 14.3. The van der Waals surface area contributed by atoms with Crippen LogP contribution >= 0.6 is 0 Å². The Morgan fingerprint density at radius 2 is 1.86 bits per heavy atom. The van der Waals surface area contributed by atoms with Gasteiger partial charge in [-0.1, -0.05) is 23.8 Å². The van der Waals surface area contributed by atoms with Crippen LogP contribution in [0, 0.1) is 12.7 Å². The maximum Gasteiger partial charge on any atom is 0.136 e. The number of fused-ring (bicyclic) bond motifs is 1.